The van der Waals surface area contributed by atoms with Gasteiger partial charge in [-0.1, -0.05) is 99.0 Å². The number of methoxy groups -OCH3 is 1. The Kier molecular flexibility index (Phi) is 16.8. The highest BCUT2D eigenvalue weighted by Crippen LogP contribution is 2.44. The van der Waals surface area contributed by atoms with Crippen LogP contribution in [-0.4, -0.2) is 51.9 Å². The number of nitrogens with one attached hydrogen (secondary N) is 4. The third-order valence-electron chi connectivity index (χ3n) is 15.5. The van der Waals surface area contributed by atoms with Gasteiger partial charge in [0.1, 0.15) is 18.3 Å². The standard InChI is InChI=1S/C55H82N4O6/c1-13-39-34(7)41-29-46-48(38(11)60)36(9)43(57-46)27-42-35(8)40(52(58-42)50-51(55(63)64-12)54(62)49-37(10)44(59-53(49)50)28-45(39)56-41)23-24-47(61)65-26-25-33(6)22-16-21-32(5)20-15-19-31(4)18-14-17-30(2)3/h25,27-32,34-35,38-40,51-52,56-60,62H,13-24,26H2,1-12H3/b33-25+,41-29-,42-27-,45-28-/t31-,32-,34-,35+,38+,39-,40+,51-,52?/m1/s1. The number of aliphatic hydroxyl groups excluding tert-OH is 2. The number of esters is 2. The molecule has 0 radical (unpaired) electrons. The number of aromatic nitrogens is 2. The molecular formula is C55H82N4O6. The fourth-order valence-electron chi connectivity index (χ4n) is 11.4. The number of ether oxygens (including phenoxy) is 2. The molecule has 358 valence electrons. The number of carbonyl (C=O) groups excluding carboxylic acids is 2. The van der Waals surface area contributed by atoms with Crippen molar-refractivity contribution in [1.29, 1.82) is 0 Å². The number of rotatable bonds is 20. The summed E-state index contributed by atoms with van der Waals surface area (Å²) in [5.74, 6) is 0.733. The Morgan fingerprint density at radius 3 is 2.09 bits per heavy atom. The summed E-state index contributed by atoms with van der Waals surface area (Å²) >= 11 is 0. The molecule has 0 amide bonds. The lowest BCUT2D eigenvalue weighted by molar-refractivity contribution is -0.143. The highest BCUT2D eigenvalue weighted by Gasteiger charge is 2.47. The van der Waals surface area contributed by atoms with Crippen LogP contribution in [0.25, 0.3) is 29.6 Å². The highest BCUT2D eigenvalue weighted by atomic mass is 16.5. The van der Waals surface area contributed by atoms with Crippen molar-refractivity contribution >= 4 is 41.5 Å². The second-order valence-electron chi connectivity index (χ2n) is 20.8. The Morgan fingerprint density at radius 1 is 0.815 bits per heavy atom. The van der Waals surface area contributed by atoms with E-state index in [-0.39, 0.29) is 48.4 Å². The summed E-state index contributed by atoms with van der Waals surface area (Å²) in [7, 11) is 1.36. The van der Waals surface area contributed by atoms with Gasteiger partial charge in [-0.2, -0.15) is 0 Å². The van der Waals surface area contributed by atoms with Crippen LogP contribution in [0.3, 0.4) is 0 Å². The van der Waals surface area contributed by atoms with Crippen LogP contribution in [-0.2, 0) is 19.1 Å². The summed E-state index contributed by atoms with van der Waals surface area (Å²) in [4.78, 5) is 34.5. The van der Waals surface area contributed by atoms with E-state index >= 15 is 0 Å². The molecule has 3 aliphatic heterocycles. The first-order chi connectivity index (χ1) is 30.9. The molecule has 0 aromatic carbocycles. The molecule has 6 N–H and O–H groups in total. The van der Waals surface area contributed by atoms with Gasteiger partial charge in [0, 0.05) is 69.1 Å². The maximum Gasteiger partial charge on any atom is 0.320 e. The summed E-state index contributed by atoms with van der Waals surface area (Å²) in [6, 6.07) is -0.420. The molecule has 10 nitrogen and oxygen atoms in total. The SMILES string of the molecule is CC[C@H]1/C2=C/c3[nH]c4c(c3C)=C(O)[C@H](C(=O)OC)C=4C3N/C(=C\c4[nH]c(c([C@H](C)O)c4C)/C=C(\N2)[C@@H]1C)[C@@H](C)[C@@H]3CCC(=O)OC/C=C(\C)CCC[C@H](C)CCC[C@H](C)CCCC(C)C. The number of carbonyl (C=O) groups is 2. The van der Waals surface area contributed by atoms with Crippen molar-refractivity contribution in [3.8, 4) is 0 Å². The second-order valence-corrected chi connectivity index (χ2v) is 20.8. The molecule has 9 atom stereocenters. The zero-order valence-electron chi connectivity index (χ0n) is 41.8. The molecule has 8 bridgehead atoms. The van der Waals surface area contributed by atoms with Crippen LogP contribution in [0.2, 0.25) is 0 Å². The Morgan fingerprint density at radius 2 is 1.45 bits per heavy atom. The van der Waals surface area contributed by atoms with Gasteiger partial charge < -0.3 is 40.3 Å². The van der Waals surface area contributed by atoms with Crippen molar-refractivity contribution in [3.05, 3.63) is 73.1 Å². The molecule has 5 heterocycles. The fourth-order valence-corrected chi connectivity index (χ4v) is 11.4. The number of hydrogen-bond acceptors (Lipinski definition) is 8. The van der Waals surface area contributed by atoms with Gasteiger partial charge >= 0.3 is 11.9 Å². The van der Waals surface area contributed by atoms with Crippen molar-refractivity contribution in [2.45, 2.75) is 165 Å². The highest BCUT2D eigenvalue weighted by molar-refractivity contribution is 5.95. The van der Waals surface area contributed by atoms with E-state index in [0.29, 0.717) is 17.2 Å². The van der Waals surface area contributed by atoms with Gasteiger partial charge in [0.2, 0.25) is 0 Å². The van der Waals surface area contributed by atoms with Crippen molar-refractivity contribution < 1.29 is 29.3 Å². The predicted molar refractivity (Wildman–Crippen MR) is 264 cm³/mol. The predicted octanol–water partition coefficient (Wildman–Crippen LogP) is 10.6. The van der Waals surface area contributed by atoms with E-state index < -0.39 is 24.0 Å². The van der Waals surface area contributed by atoms with Crippen LogP contribution in [0.5, 0.6) is 0 Å². The van der Waals surface area contributed by atoms with Crippen LogP contribution in [0.4, 0.5) is 0 Å². The molecule has 2 fully saturated rings. The van der Waals surface area contributed by atoms with E-state index in [1.807, 2.05) is 19.9 Å². The fraction of sp³-hybridized carbons (Fsp3) is 0.636. The summed E-state index contributed by atoms with van der Waals surface area (Å²) in [5.41, 5.74) is 10.3. The lowest BCUT2D eigenvalue weighted by Gasteiger charge is -2.26. The third-order valence-corrected chi connectivity index (χ3v) is 15.5. The average molecular weight is 895 g/mol. The van der Waals surface area contributed by atoms with Crippen LogP contribution >= 0.6 is 0 Å². The number of allylic oxidation sites excluding steroid dienone is 4. The zero-order chi connectivity index (χ0) is 47.3. The van der Waals surface area contributed by atoms with Crippen LogP contribution in [0.15, 0.2) is 28.7 Å². The van der Waals surface area contributed by atoms with Crippen LogP contribution in [0, 0.1) is 61.2 Å². The first-order valence-electron chi connectivity index (χ1n) is 25.1. The molecule has 10 heteroatoms. The molecule has 6 rings (SSSR count). The van der Waals surface area contributed by atoms with E-state index in [1.165, 1.54) is 57.6 Å². The van der Waals surface area contributed by atoms with E-state index in [1.54, 1.807) is 6.92 Å². The summed E-state index contributed by atoms with van der Waals surface area (Å²) in [5, 5.41) is 31.9. The summed E-state index contributed by atoms with van der Waals surface area (Å²) in [6.07, 6.45) is 20.7. The minimum Gasteiger partial charge on any atom is -0.510 e. The lowest BCUT2D eigenvalue weighted by atomic mass is 9.80. The van der Waals surface area contributed by atoms with Crippen LogP contribution in [0.1, 0.15) is 179 Å². The van der Waals surface area contributed by atoms with E-state index in [4.69, 9.17) is 9.47 Å². The maximum absolute atomic E-state index is 13.7. The summed E-state index contributed by atoms with van der Waals surface area (Å²) < 4.78 is 11.2. The van der Waals surface area contributed by atoms with Gasteiger partial charge in [0.25, 0.3) is 0 Å². The molecule has 1 aliphatic carbocycles. The number of hydrogen-bond donors (Lipinski definition) is 6. The van der Waals surface area contributed by atoms with Crippen LogP contribution < -0.4 is 21.2 Å². The first kappa shape index (κ1) is 50.0. The topological polar surface area (TPSA) is 149 Å². The Labute approximate surface area is 389 Å². The maximum atomic E-state index is 13.7. The van der Waals surface area contributed by atoms with Crippen molar-refractivity contribution in [1.82, 2.24) is 20.6 Å². The smallest absolute Gasteiger partial charge is 0.320 e. The molecule has 2 saturated heterocycles. The lowest BCUT2D eigenvalue weighted by Crippen LogP contribution is -2.38. The molecule has 0 spiro atoms. The molecular weight excluding hydrogens is 813 g/mol. The molecule has 4 aliphatic rings. The van der Waals surface area contributed by atoms with E-state index in [9.17, 15) is 19.8 Å². The van der Waals surface area contributed by atoms with Crippen molar-refractivity contribution in [2.75, 3.05) is 13.7 Å². The minimum atomic E-state index is -1.01. The summed E-state index contributed by atoms with van der Waals surface area (Å²) in [6.45, 7) is 24.2. The molecule has 0 saturated carbocycles. The molecule has 2 aromatic rings. The number of aromatic amines is 2. The zero-order valence-corrected chi connectivity index (χ0v) is 41.8. The minimum absolute atomic E-state index is 0.0210. The number of H-pyrrole nitrogens is 2. The van der Waals surface area contributed by atoms with Gasteiger partial charge in [0.15, 0.2) is 0 Å². The Balaban J connectivity index is 1.21. The number of fused-ring (bicyclic) bond motifs is 8. The average Bonchev–Trinajstić information content (AvgIpc) is 4.00. The normalized spacial score (nSPS) is 26.4. The van der Waals surface area contributed by atoms with Gasteiger partial charge in [-0.25, -0.2) is 0 Å². The quantitative estimate of drug-likeness (QED) is 0.0569. The van der Waals surface area contributed by atoms with Gasteiger partial charge in [-0.3, -0.25) is 9.59 Å². The largest absolute Gasteiger partial charge is 0.510 e. The molecule has 65 heavy (non-hydrogen) atoms. The molecule has 1 unspecified atom stereocenters. The van der Waals surface area contributed by atoms with Gasteiger partial charge in [0.05, 0.1) is 24.6 Å². The molecule has 2 aromatic heterocycles. The third kappa shape index (κ3) is 11.2. The second kappa shape index (κ2) is 21.9. The monoisotopic (exact) mass is 895 g/mol. The Hall–Kier alpha value is -4.44. The van der Waals surface area contributed by atoms with Gasteiger partial charge in [-0.15, -0.1) is 0 Å². The van der Waals surface area contributed by atoms with Gasteiger partial charge in [-0.05, 0) is 118 Å². The van der Waals surface area contributed by atoms with Crippen molar-refractivity contribution in [2.24, 2.45) is 47.3 Å². The first-order valence-corrected chi connectivity index (χ1v) is 25.1. The van der Waals surface area contributed by atoms with E-state index in [0.717, 1.165) is 93.2 Å². The van der Waals surface area contributed by atoms with Crippen molar-refractivity contribution in [3.63, 3.8) is 0 Å². The van der Waals surface area contributed by atoms with E-state index in [2.05, 4.69) is 94.2 Å². The number of aliphatic hydroxyl groups is 2. The Bertz CT molecular complexity index is 2290.